The van der Waals surface area contributed by atoms with Gasteiger partial charge in [0.05, 0.1) is 0 Å². The summed E-state index contributed by atoms with van der Waals surface area (Å²) in [6.45, 7) is 11.1. The highest BCUT2D eigenvalue weighted by molar-refractivity contribution is 5.99. The fraction of sp³-hybridized carbons (Fsp3) is 0.417. The smallest absolute Gasteiger partial charge is 0.256 e. The van der Waals surface area contributed by atoms with Gasteiger partial charge in [-0.2, -0.15) is 0 Å². The van der Waals surface area contributed by atoms with E-state index >= 15 is 0 Å². The Labute approximate surface area is 173 Å². The number of nitrogens with zero attached hydrogens (tertiary/aromatic N) is 1. The predicted molar refractivity (Wildman–Crippen MR) is 117 cm³/mol. The lowest BCUT2D eigenvalue weighted by atomic mass is 10.1. The van der Waals surface area contributed by atoms with Crippen molar-refractivity contribution in [3.05, 3.63) is 65.2 Å². The fourth-order valence-corrected chi connectivity index (χ4v) is 3.44. The molecule has 0 unspecified atom stereocenters. The summed E-state index contributed by atoms with van der Waals surface area (Å²) in [7, 11) is 0. The number of carbonyl (C=O) groups excluding carboxylic acids is 2. The first-order valence-electron chi connectivity index (χ1n) is 10.3. The normalized spacial score (nSPS) is 16.9. The fourth-order valence-electron chi connectivity index (χ4n) is 3.44. The summed E-state index contributed by atoms with van der Waals surface area (Å²) in [6.07, 6.45) is -0.207. The van der Waals surface area contributed by atoms with Gasteiger partial charge in [0.1, 0.15) is 6.17 Å². The van der Waals surface area contributed by atoms with E-state index in [1.165, 1.54) is 0 Å². The van der Waals surface area contributed by atoms with Crippen molar-refractivity contribution < 1.29 is 9.59 Å². The van der Waals surface area contributed by atoms with Gasteiger partial charge in [0.25, 0.3) is 11.8 Å². The second-order valence-corrected chi connectivity index (χ2v) is 8.57. The van der Waals surface area contributed by atoms with Crippen LogP contribution >= 0.6 is 0 Å². The molecule has 3 rings (SSSR count). The first kappa shape index (κ1) is 20.9. The average Bonchev–Trinajstić information content (AvgIpc) is 2.94. The molecule has 2 atom stereocenters. The Morgan fingerprint density at radius 3 is 2.28 bits per heavy atom. The van der Waals surface area contributed by atoms with Gasteiger partial charge in [-0.3, -0.25) is 9.59 Å². The lowest BCUT2D eigenvalue weighted by Crippen LogP contribution is -2.36. The third kappa shape index (κ3) is 4.61. The third-order valence-corrected chi connectivity index (χ3v) is 5.43. The molecule has 1 heterocycles. The topological polar surface area (TPSA) is 61.4 Å². The van der Waals surface area contributed by atoms with Gasteiger partial charge >= 0.3 is 0 Å². The van der Waals surface area contributed by atoms with Crippen molar-refractivity contribution in [1.29, 1.82) is 0 Å². The summed E-state index contributed by atoms with van der Waals surface area (Å²) >= 11 is 0. The highest BCUT2D eigenvalue weighted by Crippen LogP contribution is 2.34. The van der Waals surface area contributed by atoms with Crippen molar-refractivity contribution >= 4 is 17.5 Å². The summed E-state index contributed by atoms with van der Waals surface area (Å²) < 4.78 is 0. The van der Waals surface area contributed by atoms with Crippen molar-refractivity contribution in [2.75, 3.05) is 11.9 Å². The van der Waals surface area contributed by atoms with E-state index in [0.717, 1.165) is 16.8 Å². The molecule has 29 heavy (non-hydrogen) atoms. The number of benzene rings is 2. The monoisotopic (exact) mass is 393 g/mol. The van der Waals surface area contributed by atoms with Crippen LogP contribution in [0.15, 0.2) is 48.5 Å². The Bertz CT molecular complexity index is 874. The molecule has 2 amide bonds. The summed E-state index contributed by atoms with van der Waals surface area (Å²) in [5, 5.41) is 6.50. The zero-order valence-electron chi connectivity index (χ0n) is 17.9. The third-order valence-electron chi connectivity index (χ3n) is 5.43. The minimum Gasteiger partial charge on any atom is -0.361 e. The molecule has 0 spiro atoms. The minimum absolute atomic E-state index is 0.0606. The van der Waals surface area contributed by atoms with Crippen LogP contribution in [0.3, 0.4) is 0 Å². The molecule has 1 aliphatic heterocycles. The van der Waals surface area contributed by atoms with Gasteiger partial charge in [0, 0.05) is 35.0 Å². The molecular formula is C24H31N3O2. The second kappa shape index (κ2) is 8.68. The quantitative estimate of drug-likeness (QED) is 0.718. The Balaban J connectivity index is 1.77. The Morgan fingerprint density at radius 1 is 1.00 bits per heavy atom. The van der Waals surface area contributed by atoms with Gasteiger partial charge < -0.3 is 15.5 Å². The van der Waals surface area contributed by atoms with Crippen molar-refractivity contribution in [2.45, 2.75) is 46.8 Å². The van der Waals surface area contributed by atoms with Crippen LogP contribution in [0, 0.1) is 11.8 Å². The number of fused-ring (bicyclic) bond motifs is 1. The SMILES string of the molecule is CC(C)CN1C(=O)c2ccccc2[C@@H]1Nc1ccc(C(=O)N[C@H](C)C(C)C)cc1. The average molecular weight is 394 g/mol. The van der Waals surface area contributed by atoms with E-state index in [1.54, 1.807) is 0 Å². The molecule has 0 saturated carbocycles. The van der Waals surface area contributed by atoms with Crippen molar-refractivity contribution in [1.82, 2.24) is 10.2 Å². The van der Waals surface area contributed by atoms with Gasteiger partial charge in [-0.05, 0) is 49.1 Å². The predicted octanol–water partition coefficient (Wildman–Crippen LogP) is 4.68. The van der Waals surface area contributed by atoms with Crippen LogP contribution in [0.1, 0.15) is 67.1 Å². The van der Waals surface area contributed by atoms with Crippen LogP contribution in [-0.4, -0.2) is 29.3 Å². The van der Waals surface area contributed by atoms with Crippen LogP contribution in [0.5, 0.6) is 0 Å². The molecule has 154 valence electrons. The number of carbonyl (C=O) groups is 2. The zero-order chi connectivity index (χ0) is 21.1. The molecule has 0 fully saturated rings. The van der Waals surface area contributed by atoms with Crippen LogP contribution in [-0.2, 0) is 0 Å². The summed E-state index contributed by atoms with van der Waals surface area (Å²) in [5.74, 6) is 0.740. The Kier molecular flexibility index (Phi) is 6.26. The zero-order valence-corrected chi connectivity index (χ0v) is 17.9. The highest BCUT2D eigenvalue weighted by atomic mass is 16.2. The highest BCUT2D eigenvalue weighted by Gasteiger charge is 2.36. The van der Waals surface area contributed by atoms with Crippen molar-refractivity contribution in [3.63, 3.8) is 0 Å². The van der Waals surface area contributed by atoms with E-state index < -0.39 is 0 Å². The van der Waals surface area contributed by atoms with E-state index in [-0.39, 0.29) is 24.0 Å². The van der Waals surface area contributed by atoms with Gasteiger partial charge in [-0.15, -0.1) is 0 Å². The minimum atomic E-state index is -0.207. The molecule has 0 saturated heterocycles. The van der Waals surface area contributed by atoms with Crippen molar-refractivity contribution in [2.24, 2.45) is 11.8 Å². The van der Waals surface area contributed by atoms with Crippen LogP contribution in [0.4, 0.5) is 5.69 Å². The lowest BCUT2D eigenvalue weighted by Gasteiger charge is -2.28. The molecule has 2 N–H and O–H groups in total. The number of nitrogens with one attached hydrogen (secondary N) is 2. The molecular weight excluding hydrogens is 362 g/mol. The van der Waals surface area contributed by atoms with Gasteiger partial charge in [-0.25, -0.2) is 0 Å². The maximum atomic E-state index is 12.9. The van der Waals surface area contributed by atoms with Crippen LogP contribution in [0.25, 0.3) is 0 Å². The second-order valence-electron chi connectivity index (χ2n) is 8.57. The molecule has 0 aromatic heterocycles. The van der Waals surface area contributed by atoms with Gasteiger partial charge in [0.15, 0.2) is 0 Å². The molecule has 0 aliphatic carbocycles. The molecule has 1 aliphatic rings. The van der Waals surface area contributed by atoms with E-state index in [4.69, 9.17) is 0 Å². The Morgan fingerprint density at radius 2 is 1.66 bits per heavy atom. The first-order valence-corrected chi connectivity index (χ1v) is 10.3. The number of hydrogen-bond acceptors (Lipinski definition) is 3. The van der Waals surface area contributed by atoms with Crippen LogP contribution < -0.4 is 10.6 Å². The molecule has 2 aromatic carbocycles. The Hall–Kier alpha value is -2.82. The molecule has 0 bridgehead atoms. The molecule has 5 heteroatoms. The van der Waals surface area contributed by atoms with Crippen LogP contribution in [0.2, 0.25) is 0 Å². The van der Waals surface area contributed by atoms with Gasteiger partial charge in [-0.1, -0.05) is 45.9 Å². The summed E-state index contributed by atoms with van der Waals surface area (Å²) in [5.41, 5.74) is 3.25. The lowest BCUT2D eigenvalue weighted by molar-refractivity contribution is 0.0720. The van der Waals surface area contributed by atoms with E-state index in [2.05, 4.69) is 38.3 Å². The maximum absolute atomic E-state index is 12.9. The van der Waals surface area contributed by atoms with E-state index in [1.807, 2.05) is 60.4 Å². The molecule has 0 radical (unpaired) electrons. The first-order chi connectivity index (χ1) is 13.8. The molecule has 5 nitrogen and oxygen atoms in total. The van der Waals surface area contributed by atoms with Crippen molar-refractivity contribution in [3.8, 4) is 0 Å². The number of amides is 2. The number of hydrogen-bond donors (Lipinski definition) is 2. The number of anilines is 1. The maximum Gasteiger partial charge on any atom is 0.256 e. The largest absolute Gasteiger partial charge is 0.361 e. The van der Waals surface area contributed by atoms with E-state index in [0.29, 0.717) is 23.9 Å². The number of rotatable bonds is 7. The summed E-state index contributed by atoms with van der Waals surface area (Å²) in [6, 6.07) is 15.3. The van der Waals surface area contributed by atoms with E-state index in [9.17, 15) is 9.59 Å². The standard InChI is InChI=1S/C24H31N3O2/c1-15(2)14-27-22(20-8-6-7-9-21(20)24(27)29)26-19-12-10-18(11-13-19)23(28)25-17(5)16(3)4/h6-13,15-17,22,26H,14H2,1-5H3,(H,25,28)/t17-,22-/m1/s1. The molecule has 2 aromatic rings. The van der Waals surface area contributed by atoms with Gasteiger partial charge in [0.2, 0.25) is 0 Å². The summed E-state index contributed by atoms with van der Waals surface area (Å²) in [4.78, 5) is 27.2.